The van der Waals surface area contributed by atoms with Gasteiger partial charge in [0.2, 0.25) is 0 Å². The summed E-state index contributed by atoms with van der Waals surface area (Å²) in [6.45, 7) is 2.04. The number of likely N-dealkylation sites (tertiary alicyclic amines) is 1. The van der Waals surface area contributed by atoms with Crippen LogP contribution >= 0.6 is 11.6 Å². The third kappa shape index (κ3) is 4.57. The SMILES string of the molecule is CO/C(N)=C(/C=NC1CCN(C)CC1)c1cnc2[nH]c(Cl)c(-c3cccc(F)c3)c2c1. The topological polar surface area (TPSA) is 79.5 Å². The van der Waals surface area contributed by atoms with Crippen molar-refractivity contribution in [3.63, 3.8) is 0 Å². The number of nitrogens with two attached hydrogens (primary N) is 1. The predicted octanol–water partition coefficient (Wildman–Crippen LogP) is 4.46. The number of nitrogens with one attached hydrogen (secondary N) is 1. The van der Waals surface area contributed by atoms with Crippen LogP contribution in [0, 0.1) is 5.82 Å². The van der Waals surface area contributed by atoms with Crippen LogP contribution in [0.5, 0.6) is 0 Å². The van der Waals surface area contributed by atoms with Crippen LogP contribution in [0.25, 0.3) is 27.7 Å². The van der Waals surface area contributed by atoms with E-state index in [4.69, 9.17) is 27.1 Å². The minimum absolute atomic E-state index is 0.247. The monoisotopic (exact) mass is 441 g/mol. The third-order valence-corrected chi connectivity index (χ3v) is 5.90. The second-order valence-corrected chi connectivity index (χ2v) is 8.12. The molecule has 0 spiro atoms. The molecule has 3 N–H and O–H groups in total. The second-order valence-electron chi connectivity index (χ2n) is 7.74. The standard InChI is InChI=1S/C23H25ClFN5O/c1-30-8-6-17(7-9-30)27-13-19(22(26)31-2)15-11-18-20(14-4-3-5-16(25)10-14)21(24)29-23(18)28-12-15/h3-5,10-13,17H,6-9,26H2,1-2H3,(H,28,29)/b22-19-,27-13?. The van der Waals surface area contributed by atoms with Gasteiger partial charge in [-0.2, -0.15) is 0 Å². The smallest absolute Gasteiger partial charge is 0.193 e. The number of aromatic nitrogens is 2. The molecule has 0 bridgehead atoms. The summed E-state index contributed by atoms with van der Waals surface area (Å²) >= 11 is 6.44. The van der Waals surface area contributed by atoms with E-state index in [1.807, 2.05) is 12.1 Å². The quantitative estimate of drug-likeness (QED) is 0.452. The maximum atomic E-state index is 13.8. The summed E-state index contributed by atoms with van der Waals surface area (Å²) in [4.78, 5) is 14.6. The van der Waals surface area contributed by atoms with E-state index in [9.17, 15) is 4.39 Å². The summed E-state index contributed by atoms with van der Waals surface area (Å²) in [6.07, 6.45) is 5.48. The lowest BCUT2D eigenvalue weighted by Gasteiger charge is -2.26. The van der Waals surface area contributed by atoms with Crippen molar-refractivity contribution in [2.24, 2.45) is 10.7 Å². The lowest BCUT2D eigenvalue weighted by atomic mass is 10.0. The van der Waals surface area contributed by atoms with E-state index >= 15 is 0 Å². The van der Waals surface area contributed by atoms with Crippen LogP contribution in [0.3, 0.4) is 0 Å². The predicted molar refractivity (Wildman–Crippen MR) is 124 cm³/mol. The molecule has 1 fully saturated rings. The summed E-state index contributed by atoms with van der Waals surface area (Å²) in [5.41, 5.74) is 9.51. The molecular formula is C23H25ClFN5O. The molecule has 0 saturated carbocycles. The molecule has 0 amide bonds. The van der Waals surface area contributed by atoms with E-state index in [1.54, 1.807) is 18.5 Å². The summed E-state index contributed by atoms with van der Waals surface area (Å²) in [6, 6.07) is 8.48. The number of hydrogen-bond acceptors (Lipinski definition) is 5. The molecular weight excluding hydrogens is 417 g/mol. The van der Waals surface area contributed by atoms with Crippen molar-refractivity contribution in [3.05, 3.63) is 58.9 Å². The Morgan fingerprint density at radius 1 is 1.35 bits per heavy atom. The van der Waals surface area contributed by atoms with E-state index in [1.165, 1.54) is 19.2 Å². The fraction of sp³-hybridized carbons (Fsp3) is 0.304. The second kappa shape index (κ2) is 9.08. The highest BCUT2D eigenvalue weighted by molar-refractivity contribution is 6.34. The van der Waals surface area contributed by atoms with Crippen molar-refractivity contribution < 1.29 is 9.13 Å². The number of ether oxygens (including phenoxy) is 1. The Kier molecular flexibility index (Phi) is 6.25. The van der Waals surface area contributed by atoms with Crippen LogP contribution < -0.4 is 5.73 Å². The first-order chi connectivity index (χ1) is 15.0. The van der Waals surface area contributed by atoms with Gasteiger partial charge in [-0.15, -0.1) is 0 Å². The number of H-pyrrole nitrogens is 1. The van der Waals surface area contributed by atoms with Crippen LogP contribution in [0.4, 0.5) is 4.39 Å². The van der Waals surface area contributed by atoms with Gasteiger partial charge in [-0.3, -0.25) is 4.99 Å². The number of aromatic amines is 1. The maximum Gasteiger partial charge on any atom is 0.193 e. The third-order valence-electron chi connectivity index (χ3n) is 5.62. The van der Waals surface area contributed by atoms with E-state index in [0.717, 1.165) is 36.9 Å². The fourth-order valence-electron chi connectivity index (χ4n) is 3.83. The average molecular weight is 442 g/mol. The number of nitrogens with zero attached hydrogens (tertiary/aromatic N) is 3. The highest BCUT2D eigenvalue weighted by atomic mass is 35.5. The molecule has 6 nitrogen and oxygen atoms in total. The number of rotatable bonds is 5. The molecule has 162 valence electrons. The number of benzene rings is 1. The fourth-order valence-corrected chi connectivity index (χ4v) is 4.13. The Labute approximate surface area is 185 Å². The van der Waals surface area contributed by atoms with Gasteiger partial charge in [0.15, 0.2) is 5.88 Å². The van der Waals surface area contributed by atoms with Crippen LogP contribution in [0.1, 0.15) is 18.4 Å². The lowest BCUT2D eigenvalue weighted by molar-refractivity contribution is 0.257. The minimum atomic E-state index is -0.332. The van der Waals surface area contributed by atoms with E-state index in [2.05, 4.69) is 21.9 Å². The molecule has 3 heterocycles. The van der Waals surface area contributed by atoms with Crippen LogP contribution in [-0.4, -0.2) is 54.4 Å². The van der Waals surface area contributed by atoms with Gasteiger partial charge in [-0.25, -0.2) is 9.37 Å². The van der Waals surface area contributed by atoms with Gasteiger partial charge in [0.05, 0.1) is 18.7 Å². The van der Waals surface area contributed by atoms with Gasteiger partial charge in [0, 0.05) is 28.9 Å². The number of fused-ring (bicyclic) bond motifs is 1. The van der Waals surface area contributed by atoms with Crippen LogP contribution in [-0.2, 0) is 4.74 Å². The van der Waals surface area contributed by atoms with Gasteiger partial charge < -0.3 is 20.4 Å². The largest absolute Gasteiger partial charge is 0.482 e. The molecule has 0 unspecified atom stereocenters. The van der Waals surface area contributed by atoms with E-state index in [0.29, 0.717) is 27.5 Å². The van der Waals surface area contributed by atoms with E-state index < -0.39 is 0 Å². The number of pyridine rings is 1. The minimum Gasteiger partial charge on any atom is -0.482 e. The zero-order chi connectivity index (χ0) is 22.0. The summed E-state index contributed by atoms with van der Waals surface area (Å²) in [5.74, 6) is -0.0757. The molecule has 0 aliphatic carbocycles. The zero-order valence-electron chi connectivity index (χ0n) is 17.5. The molecule has 31 heavy (non-hydrogen) atoms. The number of methoxy groups -OCH3 is 1. The van der Waals surface area contributed by atoms with Gasteiger partial charge in [0.25, 0.3) is 0 Å². The molecule has 0 atom stereocenters. The van der Waals surface area contributed by atoms with Gasteiger partial charge >= 0.3 is 0 Å². The van der Waals surface area contributed by atoms with Crippen LogP contribution in [0.2, 0.25) is 5.15 Å². The number of hydrogen-bond donors (Lipinski definition) is 2. The Hall–Kier alpha value is -2.90. The molecule has 1 aromatic carbocycles. The molecule has 8 heteroatoms. The van der Waals surface area contributed by atoms with Gasteiger partial charge in [-0.05, 0) is 56.7 Å². The van der Waals surface area contributed by atoms with Crippen molar-refractivity contribution >= 4 is 34.4 Å². The van der Waals surface area contributed by atoms with Crippen molar-refractivity contribution in [3.8, 4) is 11.1 Å². The number of allylic oxidation sites excluding steroid dienone is 1. The zero-order valence-corrected chi connectivity index (χ0v) is 18.3. The first kappa shape index (κ1) is 21.3. The number of piperidine rings is 1. The molecule has 1 aliphatic rings. The first-order valence-corrected chi connectivity index (χ1v) is 10.5. The number of halogens is 2. The molecule has 1 saturated heterocycles. The molecule has 1 aliphatic heterocycles. The summed E-state index contributed by atoms with van der Waals surface area (Å²) in [5, 5.41) is 1.16. The molecule has 0 radical (unpaired) electrons. The highest BCUT2D eigenvalue weighted by Crippen LogP contribution is 2.36. The molecule has 4 rings (SSSR count). The van der Waals surface area contributed by atoms with Gasteiger partial charge in [0.1, 0.15) is 16.6 Å². The summed E-state index contributed by atoms with van der Waals surface area (Å²) < 4.78 is 19.1. The lowest BCUT2D eigenvalue weighted by Crippen LogP contribution is -2.32. The van der Waals surface area contributed by atoms with Crippen molar-refractivity contribution in [2.45, 2.75) is 18.9 Å². The maximum absolute atomic E-state index is 13.8. The Morgan fingerprint density at radius 2 is 2.13 bits per heavy atom. The van der Waals surface area contributed by atoms with Crippen LogP contribution in [0.15, 0.2) is 47.4 Å². The van der Waals surface area contributed by atoms with E-state index in [-0.39, 0.29) is 17.7 Å². The molecule has 3 aromatic rings. The number of aliphatic imine (C=N–C) groups is 1. The normalized spacial score (nSPS) is 16.8. The Balaban J connectivity index is 1.75. The summed E-state index contributed by atoms with van der Waals surface area (Å²) in [7, 11) is 3.64. The first-order valence-electron chi connectivity index (χ1n) is 10.1. The Morgan fingerprint density at radius 3 is 2.84 bits per heavy atom. The van der Waals surface area contributed by atoms with Crippen molar-refractivity contribution in [1.82, 2.24) is 14.9 Å². The molecule has 2 aromatic heterocycles. The van der Waals surface area contributed by atoms with Gasteiger partial charge in [-0.1, -0.05) is 23.7 Å². The van der Waals surface area contributed by atoms with Crippen molar-refractivity contribution in [1.29, 1.82) is 0 Å². The highest BCUT2D eigenvalue weighted by Gasteiger charge is 2.18. The van der Waals surface area contributed by atoms with Crippen molar-refractivity contribution in [2.75, 3.05) is 27.2 Å². The average Bonchev–Trinajstić information content (AvgIpc) is 3.10. The Bertz CT molecular complexity index is 1150.